The van der Waals surface area contributed by atoms with Gasteiger partial charge in [-0.05, 0) is 44.0 Å². The SMILES string of the molecule is CCOc1nc2ccccc2nc1N1CCCC(C(=O)Nc2cccc(Cl)c2Cl)C1. The fraction of sp³-hybridized carbons (Fsp3) is 0.318. The van der Waals surface area contributed by atoms with Crippen LogP contribution >= 0.6 is 23.2 Å². The molecule has 1 fully saturated rings. The Morgan fingerprint density at radius 1 is 1.17 bits per heavy atom. The zero-order chi connectivity index (χ0) is 21.1. The number of halogens is 2. The molecule has 1 N–H and O–H groups in total. The van der Waals surface area contributed by atoms with E-state index in [-0.39, 0.29) is 11.8 Å². The first-order valence-electron chi connectivity index (χ1n) is 9.96. The van der Waals surface area contributed by atoms with E-state index in [2.05, 4.69) is 15.2 Å². The quantitative estimate of drug-likeness (QED) is 0.586. The smallest absolute Gasteiger partial charge is 0.258 e. The van der Waals surface area contributed by atoms with Crippen LogP contribution in [0.5, 0.6) is 5.88 Å². The van der Waals surface area contributed by atoms with Crippen molar-refractivity contribution in [1.29, 1.82) is 0 Å². The number of benzene rings is 2. The molecule has 30 heavy (non-hydrogen) atoms. The van der Waals surface area contributed by atoms with E-state index in [4.69, 9.17) is 32.9 Å². The van der Waals surface area contributed by atoms with Gasteiger partial charge in [-0.2, -0.15) is 0 Å². The first kappa shape index (κ1) is 20.7. The van der Waals surface area contributed by atoms with E-state index in [9.17, 15) is 4.79 Å². The zero-order valence-electron chi connectivity index (χ0n) is 16.6. The molecule has 1 aromatic heterocycles. The molecule has 6 nitrogen and oxygen atoms in total. The second-order valence-corrected chi connectivity index (χ2v) is 7.94. The van der Waals surface area contributed by atoms with Crippen molar-refractivity contribution in [3.63, 3.8) is 0 Å². The maximum absolute atomic E-state index is 12.9. The monoisotopic (exact) mass is 444 g/mol. The van der Waals surface area contributed by atoms with E-state index in [1.54, 1.807) is 18.2 Å². The standard InChI is InChI=1S/C22H22Cl2N4O2/c1-2-30-22-20(25-16-9-3-4-10-17(16)27-22)28-12-6-7-14(13-28)21(29)26-18-11-5-8-15(23)19(18)24/h3-5,8-11,14H,2,6-7,12-13H2,1H3,(H,26,29). The molecule has 0 radical (unpaired) electrons. The predicted molar refractivity (Wildman–Crippen MR) is 121 cm³/mol. The van der Waals surface area contributed by atoms with Crippen molar-refractivity contribution in [3.05, 3.63) is 52.5 Å². The molecule has 3 aromatic rings. The van der Waals surface area contributed by atoms with Gasteiger partial charge in [-0.1, -0.05) is 41.4 Å². The van der Waals surface area contributed by atoms with Crippen LogP contribution in [-0.2, 0) is 4.79 Å². The highest BCUT2D eigenvalue weighted by molar-refractivity contribution is 6.44. The van der Waals surface area contributed by atoms with Gasteiger partial charge in [0.25, 0.3) is 5.88 Å². The van der Waals surface area contributed by atoms with Crippen LogP contribution < -0.4 is 15.0 Å². The number of hydrogen-bond donors (Lipinski definition) is 1. The van der Waals surface area contributed by atoms with Crippen LogP contribution in [-0.4, -0.2) is 35.6 Å². The second kappa shape index (κ2) is 9.06. The number of nitrogens with zero attached hydrogens (tertiary/aromatic N) is 3. The third-order valence-electron chi connectivity index (χ3n) is 5.10. The molecule has 1 aliphatic rings. The molecule has 156 valence electrons. The number of ether oxygens (including phenoxy) is 1. The van der Waals surface area contributed by atoms with Crippen molar-refractivity contribution >= 4 is 51.6 Å². The van der Waals surface area contributed by atoms with Crippen LogP contribution in [0.25, 0.3) is 11.0 Å². The summed E-state index contributed by atoms with van der Waals surface area (Å²) in [4.78, 5) is 24.4. The third kappa shape index (κ3) is 4.30. The molecule has 1 amide bonds. The number of hydrogen-bond acceptors (Lipinski definition) is 5. The molecule has 0 aliphatic carbocycles. The van der Waals surface area contributed by atoms with Crippen LogP contribution in [0.1, 0.15) is 19.8 Å². The van der Waals surface area contributed by atoms with Gasteiger partial charge in [0.2, 0.25) is 5.91 Å². The first-order valence-corrected chi connectivity index (χ1v) is 10.7. The number of para-hydroxylation sites is 2. The largest absolute Gasteiger partial charge is 0.475 e. The summed E-state index contributed by atoms with van der Waals surface area (Å²) in [7, 11) is 0. The van der Waals surface area contributed by atoms with Gasteiger partial charge in [-0.15, -0.1) is 0 Å². The molecule has 4 rings (SSSR count). The topological polar surface area (TPSA) is 67.4 Å². The number of carbonyl (C=O) groups is 1. The number of aromatic nitrogens is 2. The number of piperidine rings is 1. The van der Waals surface area contributed by atoms with Crippen molar-refractivity contribution in [2.45, 2.75) is 19.8 Å². The normalized spacial score (nSPS) is 16.5. The van der Waals surface area contributed by atoms with Crippen molar-refractivity contribution in [2.24, 2.45) is 5.92 Å². The minimum absolute atomic E-state index is 0.0874. The molecule has 0 saturated carbocycles. The van der Waals surface area contributed by atoms with E-state index >= 15 is 0 Å². The van der Waals surface area contributed by atoms with Gasteiger partial charge in [0.15, 0.2) is 5.82 Å². The van der Waals surface area contributed by atoms with E-state index in [0.717, 1.165) is 30.4 Å². The Morgan fingerprint density at radius 2 is 1.93 bits per heavy atom. The van der Waals surface area contributed by atoms with Crippen molar-refractivity contribution in [2.75, 3.05) is 29.9 Å². The van der Waals surface area contributed by atoms with Crippen molar-refractivity contribution < 1.29 is 9.53 Å². The Morgan fingerprint density at radius 3 is 2.70 bits per heavy atom. The van der Waals surface area contributed by atoms with Gasteiger partial charge in [0.1, 0.15) is 0 Å². The molecule has 2 aromatic carbocycles. The summed E-state index contributed by atoms with van der Waals surface area (Å²) in [5.41, 5.74) is 2.10. The van der Waals surface area contributed by atoms with Crippen LogP contribution in [0.2, 0.25) is 10.0 Å². The van der Waals surface area contributed by atoms with E-state index in [1.807, 2.05) is 31.2 Å². The Labute approximate surface area is 185 Å². The highest BCUT2D eigenvalue weighted by atomic mass is 35.5. The minimum atomic E-state index is -0.212. The highest BCUT2D eigenvalue weighted by Gasteiger charge is 2.29. The Kier molecular flexibility index (Phi) is 6.25. The number of amides is 1. The van der Waals surface area contributed by atoms with E-state index in [0.29, 0.717) is 40.6 Å². The molecule has 1 aliphatic heterocycles. The highest BCUT2D eigenvalue weighted by Crippen LogP contribution is 2.33. The van der Waals surface area contributed by atoms with Crippen LogP contribution in [0.3, 0.4) is 0 Å². The van der Waals surface area contributed by atoms with Gasteiger partial charge in [-0.3, -0.25) is 4.79 Å². The molecule has 0 spiro atoms. The molecule has 8 heteroatoms. The molecular weight excluding hydrogens is 423 g/mol. The van der Waals surface area contributed by atoms with Gasteiger partial charge >= 0.3 is 0 Å². The fourth-order valence-corrected chi connectivity index (χ4v) is 3.98. The average Bonchev–Trinajstić information content (AvgIpc) is 2.77. The summed E-state index contributed by atoms with van der Waals surface area (Å²) in [6.45, 7) is 3.72. The average molecular weight is 445 g/mol. The lowest BCUT2D eigenvalue weighted by Gasteiger charge is -2.33. The Hall–Kier alpha value is -2.57. The van der Waals surface area contributed by atoms with Crippen LogP contribution in [0.15, 0.2) is 42.5 Å². The summed E-state index contributed by atoms with van der Waals surface area (Å²) in [6, 6.07) is 12.9. The van der Waals surface area contributed by atoms with E-state index in [1.165, 1.54) is 0 Å². The number of anilines is 2. The summed E-state index contributed by atoms with van der Waals surface area (Å²) in [6.07, 6.45) is 1.65. The van der Waals surface area contributed by atoms with Gasteiger partial charge in [0, 0.05) is 13.1 Å². The maximum Gasteiger partial charge on any atom is 0.258 e. The third-order valence-corrected chi connectivity index (χ3v) is 5.92. The molecule has 1 saturated heterocycles. The van der Waals surface area contributed by atoms with E-state index < -0.39 is 0 Å². The van der Waals surface area contributed by atoms with Crippen LogP contribution in [0, 0.1) is 5.92 Å². The summed E-state index contributed by atoms with van der Waals surface area (Å²) >= 11 is 12.3. The van der Waals surface area contributed by atoms with Crippen LogP contribution in [0.4, 0.5) is 11.5 Å². The lowest BCUT2D eigenvalue weighted by molar-refractivity contribution is -0.120. The second-order valence-electron chi connectivity index (χ2n) is 7.15. The Balaban J connectivity index is 1.57. The molecule has 2 heterocycles. The maximum atomic E-state index is 12.9. The summed E-state index contributed by atoms with van der Waals surface area (Å²) < 4.78 is 5.77. The zero-order valence-corrected chi connectivity index (χ0v) is 18.1. The fourth-order valence-electron chi connectivity index (χ4n) is 3.63. The van der Waals surface area contributed by atoms with Gasteiger partial charge in [-0.25, -0.2) is 9.97 Å². The molecule has 1 atom stereocenters. The first-order chi connectivity index (χ1) is 14.6. The predicted octanol–water partition coefficient (Wildman–Crippen LogP) is 5.19. The minimum Gasteiger partial charge on any atom is -0.475 e. The number of fused-ring (bicyclic) bond motifs is 1. The molecular formula is C22H22Cl2N4O2. The van der Waals surface area contributed by atoms with Crippen molar-refractivity contribution in [1.82, 2.24) is 9.97 Å². The number of rotatable bonds is 5. The molecule has 0 bridgehead atoms. The number of carbonyl (C=O) groups excluding carboxylic acids is 1. The summed E-state index contributed by atoms with van der Waals surface area (Å²) in [5, 5.41) is 3.67. The lowest BCUT2D eigenvalue weighted by atomic mass is 9.97. The molecule has 1 unspecified atom stereocenters. The van der Waals surface area contributed by atoms with Crippen molar-refractivity contribution in [3.8, 4) is 5.88 Å². The number of nitrogens with one attached hydrogen (secondary N) is 1. The lowest BCUT2D eigenvalue weighted by Crippen LogP contribution is -2.41. The Bertz CT molecular complexity index is 1080. The van der Waals surface area contributed by atoms with Gasteiger partial charge < -0.3 is 15.0 Å². The summed E-state index contributed by atoms with van der Waals surface area (Å²) in [5.74, 6) is 0.871. The van der Waals surface area contributed by atoms with Gasteiger partial charge in [0.05, 0.1) is 39.3 Å².